The molecule has 1 amide bonds. The van der Waals surface area contributed by atoms with Crippen molar-refractivity contribution in [3.8, 4) is 0 Å². The lowest BCUT2D eigenvalue weighted by molar-refractivity contribution is -0.384. The van der Waals surface area contributed by atoms with Gasteiger partial charge < -0.3 is 9.88 Å². The van der Waals surface area contributed by atoms with Gasteiger partial charge in [-0.1, -0.05) is 11.6 Å². The number of carbonyl (C=O) groups excluding carboxylic acids is 1. The average Bonchev–Trinajstić information content (AvgIpc) is 3.03. The summed E-state index contributed by atoms with van der Waals surface area (Å²) in [5, 5.41) is 13.4. The first kappa shape index (κ1) is 14.5. The quantitative estimate of drug-likeness (QED) is 0.586. The first-order valence-electron chi connectivity index (χ1n) is 6.12. The number of nitrogens with zero attached hydrogens (tertiary/aromatic N) is 3. The topological polar surface area (TPSA) is 90.1 Å². The fourth-order valence-corrected chi connectivity index (χ4v) is 3.12. The van der Waals surface area contributed by atoms with Crippen molar-refractivity contribution in [2.45, 2.75) is 0 Å². The Hall–Kier alpha value is -2.45. The molecule has 2 heterocycles. The van der Waals surface area contributed by atoms with E-state index < -0.39 is 10.8 Å². The van der Waals surface area contributed by atoms with Gasteiger partial charge in [0.2, 0.25) is 0 Å². The predicted molar refractivity (Wildman–Crippen MR) is 84.7 cm³/mol. The molecular formula is C13H9ClN4O3S. The third-order valence-corrected chi connectivity index (χ3v) is 4.41. The van der Waals surface area contributed by atoms with E-state index in [0.29, 0.717) is 5.69 Å². The summed E-state index contributed by atoms with van der Waals surface area (Å²) in [5.74, 6) is -0.449. The highest BCUT2D eigenvalue weighted by atomic mass is 35.5. The maximum atomic E-state index is 12.1. The molecule has 0 saturated heterocycles. The third kappa shape index (κ3) is 2.53. The number of hydrogen-bond acceptors (Lipinski definition) is 5. The van der Waals surface area contributed by atoms with Crippen LogP contribution in [0.5, 0.6) is 0 Å². The van der Waals surface area contributed by atoms with Gasteiger partial charge in [-0.3, -0.25) is 14.9 Å². The molecule has 0 aliphatic rings. The number of fused-ring (bicyclic) bond motifs is 1. The molecule has 0 radical (unpaired) electrons. The van der Waals surface area contributed by atoms with Crippen molar-refractivity contribution in [3.05, 3.63) is 49.9 Å². The molecule has 0 aliphatic heterocycles. The lowest BCUT2D eigenvalue weighted by Gasteiger charge is -2.03. The number of benzene rings is 1. The molecule has 3 aromatic rings. The molecule has 0 fully saturated rings. The van der Waals surface area contributed by atoms with Crippen molar-refractivity contribution in [1.82, 2.24) is 9.55 Å². The first-order chi connectivity index (χ1) is 10.5. The molecule has 2 aromatic heterocycles. The minimum Gasteiger partial charge on any atom is -0.334 e. The Kier molecular flexibility index (Phi) is 3.55. The van der Waals surface area contributed by atoms with Crippen molar-refractivity contribution in [2.24, 2.45) is 7.05 Å². The fourth-order valence-electron chi connectivity index (χ4n) is 2.00. The standard InChI is InChI=1S/C13H9ClN4O3S/c1-17-6-15-8-4-7(2-3-9(8)17)16-13(19)11-5-10(18(20)21)12(14)22-11/h2-6H,1H3,(H,16,19). The second-order valence-corrected chi connectivity index (χ2v) is 6.19. The summed E-state index contributed by atoms with van der Waals surface area (Å²) in [7, 11) is 1.88. The Morgan fingerprint density at radius 3 is 2.91 bits per heavy atom. The van der Waals surface area contributed by atoms with Gasteiger partial charge in [-0.25, -0.2) is 4.98 Å². The van der Waals surface area contributed by atoms with E-state index in [4.69, 9.17) is 11.6 Å². The van der Waals surface area contributed by atoms with Crippen molar-refractivity contribution < 1.29 is 9.72 Å². The van der Waals surface area contributed by atoms with Crippen molar-refractivity contribution in [1.29, 1.82) is 0 Å². The zero-order valence-electron chi connectivity index (χ0n) is 11.2. The SMILES string of the molecule is Cn1cnc2cc(NC(=O)c3cc([N+](=O)[O-])c(Cl)s3)ccc21. The van der Waals surface area contributed by atoms with E-state index in [9.17, 15) is 14.9 Å². The first-order valence-corrected chi connectivity index (χ1v) is 7.31. The van der Waals surface area contributed by atoms with Crippen LogP contribution >= 0.6 is 22.9 Å². The van der Waals surface area contributed by atoms with Crippen LogP contribution in [0.4, 0.5) is 11.4 Å². The number of hydrogen-bond donors (Lipinski definition) is 1. The normalized spacial score (nSPS) is 10.8. The number of imidazole rings is 1. The van der Waals surface area contributed by atoms with Gasteiger partial charge in [0.15, 0.2) is 4.34 Å². The van der Waals surface area contributed by atoms with E-state index in [1.54, 1.807) is 18.5 Å². The molecule has 1 aromatic carbocycles. The van der Waals surface area contributed by atoms with Gasteiger partial charge in [-0.15, -0.1) is 11.3 Å². The minimum atomic E-state index is -0.616. The number of aromatic nitrogens is 2. The molecule has 7 nitrogen and oxygen atoms in total. The summed E-state index contributed by atoms with van der Waals surface area (Å²) in [5.41, 5.74) is 1.98. The second kappa shape index (κ2) is 5.39. The number of thiophene rings is 1. The van der Waals surface area contributed by atoms with E-state index in [0.717, 1.165) is 22.4 Å². The van der Waals surface area contributed by atoms with Gasteiger partial charge in [-0.05, 0) is 18.2 Å². The van der Waals surface area contributed by atoms with Gasteiger partial charge in [-0.2, -0.15) is 0 Å². The van der Waals surface area contributed by atoms with E-state index in [-0.39, 0.29) is 14.9 Å². The number of nitrogens with one attached hydrogen (secondary N) is 1. The molecule has 9 heteroatoms. The molecule has 0 spiro atoms. The number of aryl methyl sites for hydroxylation is 1. The molecule has 0 bridgehead atoms. The van der Waals surface area contributed by atoms with Crippen LogP contribution in [0, 0.1) is 10.1 Å². The van der Waals surface area contributed by atoms with Crippen LogP contribution in [0.15, 0.2) is 30.6 Å². The summed E-state index contributed by atoms with van der Waals surface area (Å²) in [6.07, 6.45) is 1.68. The van der Waals surface area contributed by atoms with Crippen LogP contribution in [-0.4, -0.2) is 20.4 Å². The van der Waals surface area contributed by atoms with Crippen LogP contribution in [0.25, 0.3) is 11.0 Å². The average molecular weight is 337 g/mol. The minimum absolute atomic E-state index is 0.0182. The second-order valence-electron chi connectivity index (χ2n) is 4.54. The Morgan fingerprint density at radius 2 is 2.23 bits per heavy atom. The maximum Gasteiger partial charge on any atom is 0.299 e. The molecule has 0 unspecified atom stereocenters. The van der Waals surface area contributed by atoms with Gasteiger partial charge in [0.25, 0.3) is 11.6 Å². The van der Waals surface area contributed by atoms with Crippen LogP contribution in [0.1, 0.15) is 9.67 Å². The Balaban J connectivity index is 1.86. The number of halogens is 1. The molecule has 22 heavy (non-hydrogen) atoms. The molecule has 0 saturated carbocycles. The number of anilines is 1. The van der Waals surface area contributed by atoms with E-state index >= 15 is 0 Å². The number of amides is 1. The summed E-state index contributed by atoms with van der Waals surface area (Å²) >= 11 is 6.62. The van der Waals surface area contributed by atoms with Crippen molar-refractivity contribution in [3.63, 3.8) is 0 Å². The molecule has 112 valence electrons. The van der Waals surface area contributed by atoms with Crippen LogP contribution < -0.4 is 5.32 Å². The zero-order valence-corrected chi connectivity index (χ0v) is 12.8. The Morgan fingerprint density at radius 1 is 1.45 bits per heavy atom. The van der Waals surface area contributed by atoms with E-state index in [2.05, 4.69) is 10.3 Å². The highest BCUT2D eigenvalue weighted by Crippen LogP contribution is 2.34. The van der Waals surface area contributed by atoms with Gasteiger partial charge in [0.1, 0.15) is 4.88 Å². The molecule has 0 aliphatic carbocycles. The fraction of sp³-hybridized carbons (Fsp3) is 0.0769. The van der Waals surface area contributed by atoms with E-state index in [1.165, 1.54) is 6.07 Å². The smallest absolute Gasteiger partial charge is 0.299 e. The lowest BCUT2D eigenvalue weighted by Crippen LogP contribution is -2.10. The van der Waals surface area contributed by atoms with Crippen LogP contribution in [0.2, 0.25) is 4.34 Å². The molecule has 3 rings (SSSR count). The summed E-state index contributed by atoms with van der Waals surface area (Å²) in [6, 6.07) is 6.48. The highest BCUT2D eigenvalue weighted by molar-refractivity contribution is 7.18. The Bertz CT molecular complexity index is 902. The number of rotatable bonds is 3. The van der Waals surface area contributed by atoms with Gasteiger partial charge in [0, 0.05) is 18.8 Å². The number of nitro groups is 1. The van der Waals surface area contributed by atoms with Crippen LogP contribution in [0.3, 0.4) is 0 Å². The summed E-state index contributed by atoms with van der Waals surface area (Å²) < 4.78 is 1.85. The maximum absolute atomic E-state index is 12.1. The highest BCUT2D eigenvalue weighted by Gasteiger charge is 2.21. The van der Waals surface area contributed by atoms with Gasteiger partial charge in [0.05, 0.1) is 22.3 Å². The lowest BCUT2D eigenvalue weighted by atomic mass is 10.2. The monoisotopic (exact) mass is 336 g/mol. The molecule has 1 N–H and O–H groups in total. The third-order valence-electron chi connectivity index (χ3n) is 3.07. The summed E-state index contributed by atoms with van der Waals surface area (Å²) in [4.78, 5) is 26.7. The van der Waals surface area contributed by atoms with Gasteiger partial charge >= 0.3 is 0 Å². The molecular weight excluding hydrogens is 328 g/mol. The predicted octanol–water partition coefficient (Wildman–Crippen LogP) is 3.45. The largest absolute Gasteiger partial charge is 0.334 e. The Labute approximate surface area is 133 Å². The zero-order chi connectivity index (χ0) is 15.9. The van der Waals surface area contributed by atoms with Crippen molar-refractivity contribution in [2.75, 3.05) is 5.32 Å². The van der Waals surface area contributed by atoms with Crippen molar-refractivity contribution >= 4 is 51.3 Å². The van der Waals surface area contributed by atoms with Crippen LogP contribution in [-0.2, 0) is 7.05 Å². The number of carbonyl (C=O) groups is 1. The van der Waals surface area contributed by atoms with E-state index in [1.807, 2.05) is 17.7 Å². The molecule has 0 atom stereocenters. The summed E-state index contributed by atoms with van der Waals surface area (Å²) in [6.45, 7) is 0.